The summed E-state index contributed by atoms with van der Waals surface area (Å²) in [5.74, 6) is -2.12. The molecule has 0 saturated carbocycles. The van der Waals surface area contributed by atoms with E-state index in [4.69, 9.17) is 5.11 Å². The SMILES string of the molecule is CC(=O)N[C@@H](CSCOCC(F)(F)F)C(=O)O. The Morgan fingerprint density at radius 2 is 2.06 bits per heavy atom. The molecule has 0 spiro atoms. The standard InChI is InChI=1S/C8H12F3NO4S/c1-5(13)12-6(7(14)15)2-17-4-16-3-8(9,10)11/h6H,2-4H2,1H3,(H,12,13)(H,14,15)/t6-/m0/s1. The number of hydrogen-bond acceptors (Lipinski definition) is 4. The third-order valence-electron chi connectivity index (χ3n) is 1.39. The van der Waals surface area contributed by atoms with Crippen LogP contribution in [-0.2, 0) is 14.3 Å². The molecule has 2 N–H and O–H groups in total. The molecule has 100 valence electrons. The van der Waals surface area contributed by atoms with Gasteiger partial charge in [-0.25, -0.2) is 4.79 Å². The zero-order valence-electron chi connectivity index (χ0n) is 8.91. The van der Waals surface area contributed by atoms with Crippen molar-refractivity contribution in [3.05, 3.63) is 0 Å². The van der Waals surface area contributed by atoms with Crippen molar-refractivity contribution >= 4 is 23.6 Å². The van der Waals surface area contributed by atoms with Crippen LogP contribution in [0.4, 0.5) is 13.2 Å². The summed E-state index contributed by atoms with van der Waals surface area (Å²) in [7, 11) is 0. The first-order valence-electron chi connectivity index (χ1n) is 4.44. The summed E-state index contributed by atoms with van der Waals surface area (Å²) < 4.78 is 39.2. The molecule has 0 aliphatic rings. The van der Waals surface area contributed by atoms with Crippen LogP contribution in [0.15, 0.2) is 0 Å². The first-order chi connectivity index (χ1) is 7.72. The van der Waals surface area contributed by atoms with Crippen molar-refractivity contribution in [2.45, 2.75) is 19.1 Å². The molecule has 0 rings (SSSR count). The lowest BCUT2D eigenvalue weighted by Crippen LogP contribution is -2.41. The van der Waals surface area contributed by atoms with Crippen LogP contribution in [0.1, 0.15) is 6.92 Å². The molecule has 0 aromatic carbocycles. The average molecular weight is 275 g/mol. The lowest BCUT2D eigenvalue weighted by molar-refractivity contribution is -0.168. The molecule has 17 heavy (non-hydrogen) atoms. The van der Waals surface area contributed by atoms with Crippen LogP contribution in [0, 0.1) is 0 Å². The van der Waals surface area contributed by atoms with Crippen molar-refractivity contribution in [2.24, 2.45) is 0 Å². The number of alkyl halides is 3. The Hall–Kier alpha value is -0.960. The largest absolute Gasteiger partial charge is 0.480 e. The fourth-order valence-electron chi connectivity index (χ4n) is 0.802. The normalized spacial score (nSPS) is 13.2. The van der Waals surface area contributed by atoms with E-state index < -0.39 is 30.7 Å². The fraction of sp³-hybridized carbons (Fsp3) is 0.750. The number of aliphatic carboxylic acids is 1. The molecule has 0 fully saturated rings. The van der Waals surface area contributed by atoms with Gasteiger partial charge in [0.2, 0.25) is 5.91 Å². The van der Waals surface area contributed by atoms with Gasteiger partial charge in [0, 0.05) is 12.7 Å². The maximum absolute atomic E-state index is 11.7. The summed E-state index contributed by atoms with van der Waals surface area (Å²) in [6.45, 7) is -0.224. The second-order valence-corrected chi connectivity index (χ2v) is 4.02. The predicted octanol–water partition coefficient (Wildman–Crippen LogP) is 0.845. The molecule has 0 unspecified atom stereocenters. The highest BCUT2D eigenvalue weighted by molar-refractivity contribution is 7.99. The number of thioether (sulfide) groups is 1. The maximum Gasteiger partial charge on any atom is 0.411 e. The van der Waals surface area contributed by atoms with E-state index in [1.54, 1.807) is 0 Å². The summed E-state index contributed by atoms with van der Waals surface area (Å²) in [6, 6.07) is -1.13. The van der Waals surface area contributed by atoms with Gasteiger partial charge in [0.1, 0.15) is 12.6 Å². The lowest BCUT2D eigenvalue weighted by atomic mass is 10.3. The molecule has 1 atom stereocenters. The van der Waals surface area contributed by atoms with Gasteiger partial charge in [0.25, 0.3) is 0 Å². The van der Waals surface area contributed by atoms with Gasteiger partial charge in [-0.3, -0.25) is 4.79 Å². The first kappa shape index (κ1) is 16.0. The molecular formula is C8H12F3NO4S. The van der Waals surface area contributed by atoms with Gasteiger partial charge in [-0.05, 0) is 0 Å². The van der Waals surface area contributed by atoms with E-state index >= 15 is 0 Å². The second kappa shape index (κ2) is 7.38. The van der Waals surface area contributed by atoms with Gasteiger partial charge < -0.3 is 15.2 Å². The van der Waals surface area contributed by atoms with Crippen molar-refractivity contribution in [3.63, 3.8) is 0 Å². The quantitative estimate of drug-likeness (QED) is 0.532. The summed E-state index contributed by atoms with van der Waals surface area (Å²) in [5, 5.41) is 10.8. The number of ether oxygens (including phenoxy) is 1. The number of nitrogens with one attached hydrogen (secondary N) is 1. The van der Waals surface area contributed by atoms with E-state index in [0.717, 1.165) is 18.7 Å². The number of carboxylic acids is 1. The minimum Gasteiger partial charge on any atom is -0.480 e. The minimum atomic E-state index is -4.40. The van der Waals surface area contributed by atoms with Gasteiger partial charge in [-0.15, -0.1) is 11.8 Å². The second-order valence-electron chi connectivity index (χ2n) is 3.04. The Labute approximate surface area is 99.7 Å². The third-order valence-corrected chi connectivity index (χ3v) is 2.29. The zero-order valence-corrected chi connectivity index (χ0v) is 9.73. The van der Waals surface area contributed by atoms with Crippen molar-refractivity contribution in [3.8, 4) is 0 Å². The summed E-state index contributed by atoms with van der Waals surface area (Å²) in [5.41, 5.74) is 0. The Bertz CT molecular complexity index is 272. The molecule has 0 aromatic heterocycles. The van der Waals surface area contributed by atoms with Crippen molar-refractivity contribution in [1.29, 1.82) is 0 Å². The fourth-order valence-corrected chi connectivity index (χ4v) is 1.56. The highest BCUT2D eigenvalue weighted by atomic mass is 32.2. The van der Waals surface area contributed by atoms with Crippen LogP contribution in [0.5, 0.6) is 0 Å². The lowest BCUT2D eigenvalue weighted by Gasteiger charge is -2.13. The van der Waals surface area contributed by atoms with E-state index in [2.05, 4.69) is 10.1 Å². The molecular weight excluding hydrogens is 263 g/mol. The Morgan fingerprint density at radius 1 is 1.47 bits per heavy atom. The number of rotatable bonds is 7. The molecule has 9 heteroatoms. The summed E-state index contributed by atoms with van der Waals surface area (Å²) >= 11 is 0.855. The molecule has 0 heterocycles. The van der Waals surface area contributed by atoms with E-state index in [1.165, 1.54) is 0 Å². The van der Waals surface area contributed by atoms with E-state index in [-0.39, 0.29) is 11.7 Å². The number of carboxylic acid groups (broad SMARTS) is 1. The van der Waals surface area contributed by atoms with E-state index in [1.807, 2.05) is 0 Å². The smallest absolute Gasteiger partial charge is 0.411 e. The predicted molar refractivity (Wildman–Crippen MR) is 54.6 cm³/mol. The van der Waals surface area contributed by atoms with Crippen molar-refractivity contribution in [2.75, 3.05) is 18.3 Å². The average Bonchev–Trinajstić information content (AvgIpc) is 2.12. The van der Waals surface area contributed by atoms with Crippen LogP contribution in [-0.4, -0.2) is 47.5 Å². The van der Waals surface area contributed by atoms with Gasteiger partial charge in [-0.2, -0.15) is 13.2 Å². The molecule has 0 radical (unpaired) electrons. The van der Waals surface area contributed by atoms with Crippen LogP contribution in [0.3, 0.4) is 0 Å². The number of carbonyl (C=O) groups excluding carboxylic acids is 1. The van der Waals surface area contributed by atoms with Gasteiger partial charge >= 0.3 is 12.1 Å². The van der Waals surface area contributed by atoms with Crippen LogP contribution < -0.4 is 5.32 Å². The number of carbonyl (C=O) groups is 2. The highest BCUT2D eigenvalue weighted by Gasteiger charge is 2.27. The van der Waals surface area contributed by atoms with Crippen molar-refractivity contribution < 1.29 is 32.6 Å². The van der Waals surface area contributed by atoms with Gasteiger partial charge in [-0.1, -0.05) is 0 Å². The van der Waals surface area contributed by atoms with Gasteiger partial charge in [0.15, 0.2) is 0 Å². The monoisotopic (exact) mass is 275 g/mol. The number of amides is 1. The molecule has 0 aliphatic heterocycles. The summed E-state index contributed by atoms with van der Waals surface area (Å²) in [6.07, 6.45) is -4.40. The zero-order chi connectivity index (χ0) is 13.5. The number of hydrogen-bond donors (Lipinski definition) is 2. The molecule has 0 aromatic rings. The summed E-state index contributed by atoms with van der Waals surface area (Å²) in [4.78, 5) is 21.2. The number of halogens is 3. The Balaban J connectivity index is 3.76. The molecule has 1 amide bonds. The third kappa shape index (κ3) is 9.94. The first-order valence-corrected chi connectivity index (χ1v) is 5.60. The van der Waals surface area contributed by atoms with Crippen molar-refractivity contribution in [1.82, 2.24) is 5.32 Å². The van der Waals surface area contributed by atoms with Gasteiger partial charge in [0.05, 0.1) is 5.94 Å². The topological polar surface area (TPSA) is 75.6 Å². The molecule has 0 saturated heterocycles. The highest BCUT2D eigenvalue weighted by Crippen LogP contribution is 2.15. The van der Waals surface area contributed by atoms with Crippen LogP contribution >= 0.6 is 11.8 Å². The van der Waals surface area contributed by atoms with Crippen LogP contribution in [0.2, 0.25) is 0 Å². The maximum atomic E-state index is 11.7. The minimum absolute atomic E-state index is 0.0627. The van der Waals surface area contributed by atoms with E-state index in [9.17, 15) is 22.8 Å². The molecule has 0 aliphatic carbocycles. The Kier molecular flexibility index (Phi) is 6.97. The Morgan fingerprint density at radius 3 is 2.47 bits per heavy atom. The molecule has 5 nitrogen and oxygen atoms in total. The molecule has 0 bridgehead atoms. The van der Waals surface area contributed by atoms with E-state index in [0.29, 0.717) is 0 Å². The van der Waals surface area contributed by atoms with Crippen LogP contribution in [0.25, 0.3) is 0 Å².